The van der Waals surface area contributed by atoms with Gasteiger partial charge in [0.25, 0.3) is 6.71 Å². The monoisotopic (exact) mass is 1030 g/mol. The molecule has 0 amide bonds. The molecule has 0 N–H and O–H groups in total. The number of para-hydroxylation sites is 8. The number of hydrogen-bond donors (Lipinski definition) is 0. The Morgan fingerprint density at radius 1 is 0.312 bits per heavy atom. The van der Waals surface area contributed by atoms with Gasteiger partial charge >= 0.3 is 0 Å². The van der Waals surface area contributed by atoms with Crippen LogP contribution in [0.25, 0.3) is 77.2 Å². The van der Waals surface area contributed by atoms with Crippen LogP contribution in [0, 0.1) is 0 Å². The SMILES string of the molecule is C.c1ccc(Oc2ccc(-c3ccc(-n4c5ccccc5c5ccccc54)cc3)c(Oc3ccccc3)c2)cc1.c1ccc2c(c1)Oc1ccc(-c3ccc(-n4c5ccccc5c5ccccc54)cc3)c3c1B2c1ccccc1O3. The van der Waals surface area contributed by atoms with Crippen LogP contribution in [0.4, 0.5) is 0 Å². The molecule has 2 aliphatic heterocycles. The summed E-state index contributed by atoms with van der Waals surface area (Å²) in [6.07, 6.45) is 0. The van der Waals surface area contributed by atoms with Gasteiger partial charge in [0.1, 0.15) is 46.0 Å². The minimum Gasteiger partial charge on any atom is -0.458 e. The van der Waals surface area contributed by atoms with Crippen molar-refractivity contribution in [1.29, 1.82) is 0 Å². The summed E-state index contributed by atoms with van der Waals surface area (Å²) in [6, 6.07) is 98.4. The van der Waals surface area contributed by atoms with Gasteiger partial charge in [0.15, 0.2) is 0 Å². The van der Waals surface area contributed by atoms with Crippen molar-refractivity contribution in [2.75, 3.05) is 0 Å². The maximum Gasteiger partial charge on any atom is 0.260 e. The molecule has 0 saturated heterocycles. The predicted molar refractivity (Wildman–Crippen MR) is 330 cm³/mol. The first-order valence-electron chi connectivity index (χ1n) is 26.7. The van der Waals surface area contributed by atoms with Crippen molar-refractivity contribution in [3.63, 3.8) is 0 Å². The molecule has 12 aromatic carbocycles. The van der Waals surface area contributed by atoms with Crippen molar-refractivity contribution in [2.45, 2.75) is 7.43 Å². The second kappa shape index (κ2) is 20.1. The summed E-state index contributed by atoms with van der Waals surface area (Å²) < 4.78 is 30.2. The van der Waals surface area contributed by atoms with Crippen LogP contribution in [0.15, 0.2) is 285 Å². The normalized spacial score (nSPS) is 11.8. The van der Waals surface area contributed by atoms with Gasteiger partial charge < -0.3 is 28.1 Å². The van der Waals surface area contributed by atoms with Gasteiger partial charge in [-0.2, -0.15) is 0 Å². The molecule has 6 nitrogen and oxygen atoms in total. The molecule has 0 radical (unpaired) electrons. The lowest BCUT2D eigenvalue weighted by Crippen LogP contribution is -2.57. The van der Waals surface area contributed by atoms with Crippen molar-refractivity contribution in [3.05, 3.63) is 285 Å². The van der Waals surface area contributed by atoms with Gasteiger partial charge in [-0.25, -0.2) is 0 Å². The molecule has 2 aliphatic rings. The zero-order valence-electron chi connectivity index (χ0n) is 42.7. The Bertz CT molecular complexity index is 4490. The van der Waals surface area contributed by atoms with Gasteiger partial charge in [-0.05, 0) is 131 Å². The van der Waals surface area contributed by atoms with Crippen LogP contribution < -0.4 is 35.3 Å². The molecule has 0 unspecified atom stereocenters. The molecule has 0 atom stereocenters. The van der Waals surface area contributed by atoms with Crippen LogP contribution in [0.2, 0.25) is 0 Å². The Kier molecular flexibility index (Phi) is 12.1. The van der Waals surface area contributed by atoms with Crippen molar-refractivity contribution in [2.24, 2.45) is 0 Å². The molecule has 7 heteroatoms. The lowest BCUT2D eigenvalue weighted by molar-refractivity contribution is 0.461. The summed E-state index contributed by atoms with van der Waals surface area (Å²) >= 11 is 0. The third-order valence-electron chi connectivity index (χ3n) is 15.3. The summed E-state index contributed by atoms with van der Waals surface area (Å²) in [4.78, 5) is 0. The molecule has 14 aromatic rings. The number of ether oxygens (including phenoxy) is 4. The number of rotatable bonds is 8. The lowest BCUT2D eigenvalue weighted by atomic mass is 9.34. The average Bonchev–Trinajstić information content (AvgIpc) is 3.92. The largest absolute Gasteiger partial charge is 0.458 e. The van der Waals surface area contributed by atoms with E-state index in [4.69, 9.17) is 18.9 Å². The summed E-state index contributed by atoms with van der Waals surface area (Å²) in [5.74, 6) is 6.56. The Labute approximate surface area is 464 Å². The molecule has 0 aliphatic carbocycles. The predicted octanol–water partition coefficient (Wildman–Crippen LogP) is 17.8. The number of aromatic nitrogens is 2. The van der Waals surface area contributed by atoms with Crippen molar-refractivity contribution < 1.29 is 18.9 Å². The van der Waals surface area contributed by atoms with E-state index in [0.29, 0.717) is 0 Å². The van der Waals surface area contributed by atoms with E-state index in [1.54, 1.807) is 0 Å². The lowest BCUT2D eigenvalue weighted by Gasteiger charge is -2.33. The highest BCUT2D eigenvalue weighted by Crippen LogP contribution is 2.43. The highest BCUT2D eigenvalue weighted by atomic mass is 16.5. The van der Waals surface area contributed by atoms with Crippen molar-refractivity contribution in [3.8, 4) is 79.6 Å². The number of hydrogen-bond acceptors (Lipinski definition) is 4. The summed E-state index contributed by atoms with van der Waals surface area (Å²) in [6.45, 7) is 0.0664. The highest BCUT2D eigenvalue weighted by Gasteiger charge is 2.41. The summed E-state index contributed by atoms with van der Waals surface area (Å²) in [5.41, 5.74) is 14.7. The van der Waals surface area contributed by atoms with Crippen molar-refractivity contribution >= 4 is 66.7 Å². The zero-order valence-corrected chi connectivity index (χ0v) is 42.7. The minimum absolute atomic E-state index is 0. The maximum atomic E-state index is 6.66. The second-order valence-electron chi connectivity index (χ2n) is 19.9. The molecule has 4 heterocycles. The molecule has 80 heavy (non-hydrogen) atoms. The molecule has 0 spiro atoms. The Morgan fingerprint density at radius 3 is 1.24 bits per heavy atom. The van der Waals surface area contributed by atoms with Crippen LogP contribution >= 0.6 is 0 Å². The molecule has 16 rings (SSSR count). The first-order valence-corrected chi connectivity index (χ1v) is 26.7. The van der Waals surface area contributed by atoms with E-state index in [9.17, 15) is 0 Å². The van der Waals surface area contributed by atoms with Crippen LogP contribution in [0.3, 0.4) is 0 Å². The van der Waals surface area contributed by atoms with E-state index in [1.807, 2.05) is 84.9 Å². The smallest absolute Gasteiger partial charge is 0.260 e. The Balaban J connectivity index is 0.000000142. The number of nitrogens with zero attached hydrogens (tertiary/aromatic N) is 2. The maximum absolute atomic E-state index is 6.66. The van der Waals surface area contributed by atoms with E-state index in [2.05, 4.69) is 209 Å². The first kappa shape index (κ1) is 47.9. The minimum atomic E-state index is 0. The zero-order chi connectivity index (χ0) is 52.2. The molecular weight excluding hydrogens is 980 g/mol. The topological polar surface area (TPSA) is 46.8 Å². The first-order chi connectivity index (χ1) is 39.2. The van der Waals surface area contributed by atoms with Crippen LogP contribution in [0.5, 0.6) is 46.0 Å². The van der Waals surface area contributed by atoms with Crippen LogP contribution in [-0.2, 0) is 0 Å². The van der Waals surface area contributed by atoms with Crippen LogP contribution in [0.1, 0.15) is 7.43 Å². The van der Waals surface area contributed by atoms with E-state index >= 15 is 0 Å². The molecule has 0 saturated carbocycles. The van der Waals surface area contributed by atoms with Crippen molar-refractivity contribution in [1.82, 2.24) is 9.13 Å². The summed E-state index contributed by atoms with van der Waals surface area (Å²) in [7, 11) is 0. The van der Waals surface area contributed by atoms with Gasteiger partial charge in [-0.3, -0.25) is 0 Å². The van der Waals surface area contributed by atoms with E-state index in [1.165, 1.54) is 54.5 Å². The third kappa shape index (κ3) is 8.31. The fourth-order valence-corrected chi connectivity index (χ4v) is 11.7. The fraction of sp³-hybridized carbons (Fsp3) is 0.0137. The van der Waals surface area contributed by atoms with E-state index in [-0.39, 0.29) is 14.1 Å². The Hall–Kier alpha value is -10.5. The quantitative estimate of drug-likeness (QED) is 0.142. The highest BCUT2D eigenvalue weighted by molar-refractivity contribution is 6.98. The molecule has 380 valence electrons. The van der Waals surface area contributed by atoms with E-state index in [0.717, 1.165) is 85.1 Å². The number of benzene rings is 12. The van der Waals surface area contributed by atoms with Gasteiger partial charge in [-0.15, -0.1) is 0 Å². The summed E-state index contributed by atoms with van der Waals surface area (Å²) in [5, 5.41) is 5.04. The van der Waals surface area contributed by atoms with Gasteiger partial charge in [0, 0.05) is 55.6 Å². The molecular formula is C73H51BN2O4. The Morgan fingerprint density at radius 2 is 0.725 bits per heavy atom. The molecule has 2 aromatic heterocycles. The molecule has 0 bridgehead atoms. The van der Waals surface area contributed by atoms with Gasteiger partial charge in [0.05, 0.1) is 22.1 Å². The number of fused-ring (bicyclic) bond motifs is 10. The van der Waals surface area contributed by atoms with Crippen LogP contribution in [-0.4, -0.2) is 15.8 Å². The average molecular weight is 1030 g/mol. The second-order valence-corrected chi connectivity index (χ2v) is 19.9. The molecule has 0 fully saturated rings. The standard InChI is InChI=1S/C36H22BNO2.C36H25NO2.CH4/c1-5-13-30-26(9-1)27-10-2-6-14-31(27)38(30)24-19-17-23(18-20-24)25-21-22-34-35-36(25)40-33-16-8-4-12-29(33)37(35)28-11-3-7-15-32(28)39-34;1-3-11-28(12-4-1)38-30-23-24-31(36(25-30)39-29-13-5-2-6-14-29)26-19-21-27(22-20-26)37-34-17-9-7-15-32(34)33-16-8-10-18-35(33)37;/h1-22H;1-25H;1H4. The third-order valence-corrected chi connectivity index (χ3v) is 15.3. The fourth-order valence-electron chi connectivity index (χ4n) is 11.7. The van der Waals surface area contributed by atoms with Gasteiger partial charge in [0.2, 0.25) is 0 Å². The van der Waals surface area contributed by atoms with E-state index < -0.39 is 0 Å². The van der Waals surface area contributed by atoms with Gasteiger partial charge in [-0.1, -0.05) is 177 Å².